The summed E-state index contributed by atoms with van der Waals surface area (Å²) in [7, 11) is 1.81. The summed E-state index contributed by atoms with van der Waals surface area (Å²) < 4.78 is 1.79. The Bertz CT molecular complexity index is 762. The van der Waals surface area contributed by atoms with Gasteiger partial charge in [0.2, 0.25) is 0 Å². The lowest BCUT2D eigenvalue weighted by Crippen LogP contribution is -2.14. The first-order chi connectivity index (χ1) is 11.1. The predicted molar refractivity (Wildman–Crippen MR) is 86.0 cm³/mol. The minimum absolute atomic E-state index is 0.0392. The molecule has 5 nitrogen and oxygen atoms in total. The molecule has 2 unspecified atom stereocenters. The van der Waals surface area contributed by atoms with Crippen LogP contribution < -0.4 is 5.48 Å². The van der Waals surface area contributed by atoms with Crippen molar-refractivity contribution in [2.45, 2.75) is 12.3 Å². The number of aromatic nitrogens is 1. The van der Waals surface area contributed by atoms with Gasteiger partial charge in [0, 0.05) is 36.5 Å². The average Bonchev–Trinajstić information content (AvgIpc) is 3.29. The number of amides is 1. The zero-order chi connectivity index (χ0) is 16.4. The molecule has 1 aliphatic carbocycles. The third-order valence-electron chi connectivity index (χ3n) is 4.20. The van der Waals surface area contributed by atoms with E-state index in [1.165, 1.54) is 17.1 Å². The number of nitrogens with one attached hydrogen (secondary N) is 1. The number of ketones is 1. The molecule has 1 fully saturated rings. The topological polar surface area (TPSA) is 71.3 Å². The van der Waals surface area contributed by atoms with Crippen molar-refractivity contribution in [2.24, 2.45) is 13.0 Å². The molecular weight excluding hydrogens is 292 g/mol. The summed E-state index contributed by atoms with van der Waals surface area (Å²) in [6, 6.07) is 11.8. The molecule has 0 saturated heterocycles. The Hall–Kier alpha value is -2.66. The van der Waals surface area contributed by atoms with Crippen LogP contribution in [0.1, 0.15) is 34.0 Å². The third kappa shape index (κ3) is 3.24. The highest BCUT2D eigenvalue weighted by Gasteiger charge is 2.44. The lowest BCUT2D eigenvalue weighted by Gasteiger charge is -1.98. The van der Waals surface area contributed by atoms with Gasteiger partial charge in [0.1, 0.15) is 0 Å². The van der Waals surface area contributed by atoms with E-state index in [9.17, 15) is 9.59 Å². The maximum Gasteiger partial charge on any atom is 0.267 e. The zero-order valence-corrected chi connectivity index (χ0v) is 12.8. The molecule has 23 heavy (non-hydrogen) atoms. The van der Waals surface area contributed by atoms with Gasteiger partial charge in [0.25, 0.3) is 5.91 Å². The highest BCUT2D eigenvalue weighted by Crippen LogP contribution is 2.49. The van der Waals surface area contributed by atoms with Gasteiger partial charge in [-0.05, 0) is 30.0 Å². The summed E-state index contributed by atoms with van der Waals surface area (Å²) in [6.45, 7) is 0. The van der Waals surface area contributed by atoms with Crippen molar-refractivity contribution in [2.75, 3.05) is 0 Å². The number of nitrogens with zero attached hydrogens (tertiary/aromatic N) is 1. The van der Waals surface area contributed by atoms with Crippen LogP contribution in [0.2, 0.25) is 0 Å². The largest absolute Gasteiger partial charge is 0.350 e. The summed E-state index contributed by atoms with van der Waals surface area (Å²) in [5.74, 6) is -0.119. The molecule has 1 aromatic heterocycles. The van der Waals surface area contributed by atoms with Crippen LogP contribution in [-0.4, -0.2) is 21.5 Å². The van der Waals surface area contributed by atoms with Gasteiger partial charge in [-0.3, -0.25) is 14.8 Å². The lowest BCUT2D eigenvalue weighted by atomic mass is 10.0. The Kier molecular flexibility index (Phi) is 4.12. The first-order valence-corrected chi connectivity index (χ1v) is 7.48. The molecule has 118 valence electrons. The second-order valence-corrected chi connectivity index (χ2v) is 5.80. The summed E-state index contributed by atoms with van der Waals surface area (Å²) in [5, 5.41) is 8.48. The van der Waals surface area contributed by atoms with Crippen molar-refractivity contribution in [1.29, 1.82) is 0 Å². The van der Waals surface area contributed by atoms with Crippen molar-refractivity contribution in [1.82, 2.24) is 10.0 Å². The molecular formula is C18H18N2O3. The summed E-state index contributed by atoms with van der Waals surface area (Å²) in [5.41, 5.74) is 4.13. The number of hydrogen-bond donors (Lipinski definition) is 2. The first-order valence-electron chi connectivity index (χ1n) is 7.48. The zero-order valence-electron chi connectivity index (χ0n) is 12.8. The molecule has 5 heteroatoms. The number of carbonyl (C=O) groups is 2. The van der Waals surface area contributed by atoms with E-state index in [1.807, 2.05) is 25.2 Å². The molecule has 1 heterocycles. The van der Waals surface area contributed by atoms with E-state index in [4.69, 9.17) is 5.21 Å². The average molecular weight is 310 g/mol. The number of hydrogen-bond acceptors (Lipinski definition) is 3. The number of carbonyl (C=O) groups excluding carboxylic acids is 2. The smallest absolute Gasteiger partial charge is 0.267 e. The van der Waals surface area contributed by atoms with E-state index in [0.29, 0.717) is 11.5 Å². The predicted octanol–water partition coefficient (Wildman–Crippen LogP) is 2.53. The van der Waals surface area contributed by atoms with Gasteiger partial charge in [-0.15, -0.1) is 0 Å². The van der Waals surface area contributed by atoms with Crippen molar-refractivity contribution >= 4 is 17.8 Å². The van der Waals surface area contributed by atoms with Crippen LogP contribution in [0.5, 0.6) is 0 Å². The van der Waals surface area contributed by atoms with Gasteiger partial charge in [0.05, 0.1) is 0 Å². The van der Waals surface area contributed by atoms with E-state index in [0.717, 1.165) is 12.1 Å². The molecule has 2 aromatic rings. The molecule has 0 bridgehead atoms. The Morgan fingerprint density at radius 1 is 1.30 bits per heavy atom. The first kappa shape index (κ1) is 15.2. The molecule has 0 radical (unpaired) electrons. The van der Waals surface area contributed by atoms with Gasteiger partial charge >= 0.3 is 0 Å². The van der Waals surface area contributed by atoms with Crippen molar-refractivity contribution in [3.05, 3.63) is 65.5 Å². The van der Waals surface area contributed by atoms with E-state index in [1.54, 1.807) is 22.9 Å². The maximum absolute atomic E-state index is 12.6. The number of benzene rings is 1. The SMILES string of the molecule is Cn1cc(C(=O)C2CC2c2ccccc2)cc1/C=C/C(=O)NO. The van der Waals surface area contributed by atoms with Crippen LogP contribution in [0.15, 0.2) is 48.7 Å². The molecule has 1 saturated carbocycles. The van der Waals surface area contributed by atoms with Gasteiger partial charge in [-0.1, -0.05) is 30.3 Å². The van der Waals surface area contributed by atoms with E-state index < -0.39 is 5.91 Å². The normalized spacial score (nSPS) is 19.7. The van der Waals surface area contributed by atoms with Crippen LogP contribution in [0.4, 0.5) is 0 Å². The quantitative estimate of drug-likeness (QED) is 0.386. The summed E-state index contributed by atoms with van der Waals surface area (Å²) >= 11 is 0. The summed E-state index contributed by atoms with van der Waals surface area (Å²) in [4.78, 5) is 23.6. The Morgan fingerprint density at radius 2 is 2.04 bits per heavy atom. The molecule has 2 N–H and O–H groups in total. The van der Waals surface area contributed by atoms with Crippen molar-refractivity contribution in [3.8, 4) is 0 Å². The van der Waals surface area contributed by atoms with Crippen LogP contribution in [-0.2, 0) is 11.8 Å². The van der Waals surface area contributed by atoms with Crippen LogP contribution in [0.25, 0.3) is 6.08 Å². The van der Waals surface area contributed by atoms with Crippen molar-refractivity contribution < 1.29 is 14.8 Å². The molecule has 0 spiro atoms. The fraction of sp³-hybridized carbons (Fsp3) is 0.222. The Labute approximate surface area is 134 Å². The van der Waals surface area contributed by atoms with Gasteiger partial charge in [-0.25, -0.2) is 5.48 Å². The molecule has 2 atom stereocenters. The van der Waals surface area contributed by atoms with E-state index >= 15 is 0 Å². The Balaban J connectivity index is 1.72. The highest BCUT2D eigenvalue weighted by molar-refractivity contribution is 6.01. The van der Waals surface area contributed by atoms with Crippen LogP contribution in [0.3, 0.4) is 0 Å². The highest BCUT2D eigenvalue weighted by atomic mass is 16.5. The minimum atomic E-state index is -0.606. The molecule has 1 aliphatic rings. The number of hydroxylamine groups is 1. The number of aryl methyl sites for hydroxylation is 1. The van der Waals surface area contributed by atoms with E-state index in [-0.39, 0.29) is 11.7 Å². The molecule has 1 aromatic carbocycles. The maximum atomic E-state index is 12.6. The molecule has 1 amide bonds. The lowest BCUT2D eigenvalue weighted by molar-refractivity contribution is -0.124. The van der Waals surface area contributed by atoms with Gasteiger partial charge < -0.3 is 4.57 Å². The fourth-order valence-electron chi connectivity index (χ4n) is 2.85. The Morgan fingerprint density at radius 3 is 2.74 bits per heavy atom. The number of rotatable bonds is 5. The monoisotopic (exact) mass is 310 g/mol. The fourth-order valence-corrected chi connectivity index (χ4v) is 2.85. The number of Topliss-reactive ketones (excluding diaryl/α,β-unsaturated/α-hetero) is 1. The standard InChI is InChI=1S/C18H18N2O3/c1-20-11-13(9-14(20)7-8-17(21)19-23)18(22)16-10-15(16)12-5-3-2-4-6-12/h2-9,11,15-16,23H,10H2,1H3,(H,19,21)/b8-7+. The van der Waals surface area contributed by atoms with Crippen LogP contribution in [0, 0.1) is 5.92 Å². The van der Waals surface area contributed by atoms with Gasteiger partial charge in [0.15, 0.2) is 5.78 Å². The second-order valence-electron chi connectivity index (χ2n) is 5.80. The summed E-state index contributed by atoms with van der Waals surface area (Å²) in [6.07, 6.45) is 5.44. The minimum Gasteiger partial charge on any atom is -0.350 e. The second kappa shape index (κ2) is 6.22. The van der Waals surface area contributed by atoms with E-state index in [2.05, 4.69) is 12.1 Å². The molecule has 0 aliphatic heterocycles. The van der Waals surface area contributed by atoms with Gasteiger partial charge in [-0.2, -0.15) is 0 Å². The van der Waals surface area contributed by atoms with Crippen LogP contribution >= 0.6 is 0 Å². The van der Waals surface area contributed by atoms with Crippen molar-refractivity contribution in [3.63, 3.8) is 0 Å². The third-order valence-corrected chi connectivity index (χ3v) is 4.20. The molecule has 3 rings (SSSR count).